The molecule has 1 saturated carbocycles. The minimum absolute atomic E-state index is 0.0184. The maximum Gasteiger partial charge on any atom is 0.289 e. The summed E-state index contributed by atoms with van der Waals surface area (Å²) in [5.74, 6) is -3.74. The summed E-state index contributed by atoms with van der Waals surface area (Å²) >= 11 is 0. The van der Waals surface area contributed by atoms with Gasteiger partial charge in [0.25, 0.3) is 23.7 Å². The number of amides is 5. The highest BCUT2D eigenvalue weighted by Gasteiger charge is 2.36. The number of hydrazine groups is 1. The Kier molecular flexibility index (Phi) is 18.2. The van der Waals surface area contributed by atoms with E-state index in [9.17, 15) is 38.9 Å². The molecule has 17 heteroatoms. The number of nitro groups is 1. The Bertz CT molecular complexity index is 1730. The maximum atomic E-state index is 14.1. The second-order valence-electron chi connectivity index (χ2n) is 14.9. The number of hydrogen-bond donors (Lipinski definition) is 6. The van der Waals surface area contributed by atoms with Crippen molar-refractivity contribution in [1.82, 2.24) is 26.3 Å². The van der Waals surface area contributed by atoms with Crippen LogP contribution in [0.15, 0.2) is 59.6 Å². The van der Waals surface area contributed by atoms with Crippen LogP contribution < -0.4 is 32.8 Å². The van der Waals surface area contributed by atoms with Crippen LogP contribution in [0.4, 0.5) is 0 Å². The summed E-state index contributed by atoms with van der Waals surface area (Å²) in [6.45, 7) is 0.593. The van der Waals surface area contributed by atoms with Crippen molar-refractivity contribution in [2.75, 3.05) is 26.2 Å². The average Bonchev–Trinajstić information content (AvgIpc) is 3.83. The molecule has 0 saturated heterocycles. The molecule has 5 amide bonds. The summed E-state index contributed by atoms with van der Waals surface area (Å²) < 4.78 is 0. The summed E-state index contributed by atoms with van der Waals surface area (Å²) in [7, 11) is 0. The molecule has 1 aliphatic heterocycles. The molecule has 4 rings (SSSR count). The number of aliphatic imine (C=N–C) groups is 1. The highest BCUT2D eigenvalue weighted by Crippen LogP contribution is 2.34. The van der Waals surface area contributed by atoms with Crippen LogP contribution in [0.5, 0.6) is 0 Å². The number of carbonyl (C=O) groups excluding carboxylic acids is 6. The summed E-state index contributed by atoms with van der Waals surface area (Å²) in [6.07, 6.45) is 9.88. The first-order valence-corrected chi connectivity index (χ1v) is 20.3. The second kappa shape index (κ2) is 23.5. The van der Waals surface area contributed by atoms with Crippen LogP contribution in [0.2, 0.25) is 0 Å². The van der Waals surface area contributed by atoms with Gasteiger partial charge in [0.2, 0.25) is 17.6 Å². The van der Waals surface area contributed by atoms with Crippen LogP contribution in [0, 0.1) is 22.0 Å². The number of carbonyl (C=O) groups is 6. The van der Waals surface area contributed by atoms with E-state index < -0.39 is 40.7 Å². The number of fused-ring (bicyclic) bond motifs is 1. The van der Waals surface area contributed by atoms with E-state index in [2.05, 4.69) is 20.9 Å². The molecule has 2 aliphatic rings. The van der Waals surface area contributed by atoms with Crippen molar-refractivity contribution in [3.05, 3.63) is 81.4 Å². The zero-order chi connectivity index (χ0) is 41.9. The number of hydrogen-bond acceptors (Lipinski definition) is 10. The SMILES string of the molecule is NCCNC(=O)C(=O)[C@H](Cc1ccccc1)NC(=O)[C@H](CCCN=C(N)N[N+](=O)[O-])NC(=O)C(CCCCCCCCN1C(=O)c2ccccc2C1=O)C1CCCC1. The largest absolute Gasteiger partial charge is 0.365 e. The van der Waals surface area contributed by atoms with Crippen LogP contribution in [-0.4, -0.2) is 89.5 Å². The number of unbranched alkanes of at least 4 members (excludes halogenated alkanes) is 5. The van der Waals surface area contributed by atoms with Crippen molar-refractivity contribution in [2.45, 2.75) is 102 Å². The van der Waals surface area contributed by atoms with E-state index in [1.54, 1.807) is 60.0 Å². The number of benzene rings is 2. The Hall–Kier alpha value is -5.71. The number of nitrogens with two attached hydrogens (primary N) is 2. The lowest BCUT2D eigenvalue weighted by Gasteiger charge is -2.27. The monoisotopic (exact) mass is 803 g/mol. The molecule has 0 radical (unpaired) electrons. The fourth-order valence-corrected chi connectivity index (χ4v) is 7.66. The standard InChI is InChI=1S/C41H57N9O8/c42-23-25-44-38(54)35(51)34(27-28-15-6-5-7-16-28)47-37(53)33(22-14-24-45-41(43)48-50(57)58)46-36(52)30(29-17-9-10-18-29)19-8-3-1-2-4-13-26-49-39(55)31-20-11-12-21-32(31)40(49)56/h5-7,11-12,15-16,20-21,29-30,33-34H,1-4,8-10,13-14,17-19,22-27,42H2,(H,44,54)(H,46,52)(H,47,53)(H3,43,45,48)/t30?,33-,34-/m0/s1. The molecule has 1 unspecified atom stereocenters. The van der Waals surface area contributed by atoms with E-state index >= 15 is 0 Å². The van der Waals surface area contributed by atoms with Gasteiger partial charge in [-0.05, 0) is 62.1 Å². The third kappa shape index (κ3) is 13.7. The molecule has 1 heterocycles. The Morgan fingerprint density at radius 2 is 1.41 bits per heavy atom. The zero-order valence-electron chi connectivity index (χ0n) is 33.0. The van der Waals surface area contributed by atoms with Crippen molar-refractivity contribution < 1.29 is 33.8 Å². The minimum atomic E-state index is -1.23. The summed E-state index contributed by atoms with van der Waals surface area (Å²) in [4.78, 5) is 95.4. The fraction of sp³-hybridized carbons (Fsp3) is 0.537. The summed E-state index contributed by atoms with van der Waals surface area (Å²) in [5.41, 5.74) is 14.4. The summed E-state index contributed by atoms with van der Waals surface area (Å²) in [6, 6.07) is 13.4. The first kappa shape index (κ1) is 45.0. The average molecular weight is 804 g/mol. The van der Waals surface area contributed by atoms with E-state index in [1.807, 2.05) is 0 Å². The third-order valence-electron chi connectivity index (χ3n) is 10.7. The van der Waals surface area contributed by atoms with Crippen LogP contribution >= 0.6 is 0 Å². The molecule has 0 aromatic heterocycles. The predicted molar refractivity (Wildman–Crippen MR) is 217 cm³/mol. The van der Waals surface area contributed by atoms with Gasteiger partial charge >= 0.3 is 0 Å². The Balaban J connectivity index is 1.36. The summed E-state index contributed by atoms with van der Waals surface area (Å²) in [5, 5.41) is 18.0. The highest BCUT2D eigenvalue weighted by molar-refractivity contribution is 6.38. The van der Waals surface area contributed by atoms with Crippen molar-refractivity contribution in [3.8, 4) is 0 Å². The molecule has 2 aromatic rings. The van der Waals surface area contributed by atoms with E-state index in [4.69, 9.17) is 11.5 Å². The first-order chi connectivity index (χ1) is 28.0. The van der Waals surface area contributed by atoms with Gasteiger partial charge in [0.05, 0.1) is 11.1 Å². The molecule has 58 heavy (non-hydrogen) atoms. The van der Waals surface area contributed by atoms with E-state index in [0.717, 1.165) is 57.8 Å². The lowest BCUT2D eigenvalue weighted by molar-refractivity contribution is -0.525. The molecule has 314 valence electrons. The highest BCUT2D eigenvalue weighted by atomic mass is 16.7. The number of nitrogens with zero attached hydrogens (tertiary/aromatic N) is 3. The Morgan fingerprint density at radius 1 is 0.810 bits per heavy atom. The van der Waals surface area contributed by atoms with Gasteiger partial charge in [-0.25, -0.2) is 15.1 Å². The Labute approximate surface area is 338 Å². The Morgan fingerprint density at radius 3 is 2.05 bits per heavy atom. The molecule has 2 aromatic carbocycles. The molecule has 1 aliphatic carbocycles. The van der Waals surface area contributed by atoms with Gasteiger partial charge in [0.15, 0.2) is 5.03 Å². The van der Waals surface area contributed by atoms with Gasteiger partial charge < -0.3 is 27.4 Å². The first-order valence-electron chi connectivity index (χ1n) is 20.3. The van der Waals surface area contributed by atoms with Gasteiger partial charge in [-0.15, -0.1) is 0 Å². The van der Waals surface area contributed by atoms with Gasteiger partial charge in [-0.3, -0.25) is 33.7 Å². The molecular weight excluding hydrogens is 747 g/mol. The minimum Gasteiger partial charge on any atom is -0.365 e. The van der Waals surface area contributed by atoms with Crippen molar-refractivity contribution in [2.24, 2.45) is 28.3 Å². The quantitative estimate of drug-likeness (QED) is 0.0162. The van der Waals surface area contributed by atoms with Crippen LogP contribution in [0.1, 0.15) is 110 Å². The molecule has 8 N–H and O–H groups in total. The van der Waals surface area contributed by atoms with E-state index in [-0.39, 0.29) is 68.5 Å². The van der Waals surface area contributed by atoms with Crippen molar-refractivity contribution >= 4 is 41.3 Å². The van der Waals surface area contributed by atoms with Gasteiger partial charge in [0, 0.05) is 38.5 Å². The van der Waals surface area contributed by atoms with Crippen LogP contribution in [-0.2, 0) is 25.6 Å². The zero-order valence-corrected chi connectivity index (χ0v) is 33.0. The van der Waals surface area contributed by atoms with E-state index in [0.29, 0.717) is 36.1 Å². The van der Waals surface area contributed by atoms with Gasteiger partial charge in [-0.1, -0.05) is 92.8 Å². The van der Waals surface area contributed by atoms with Crippen molar-refractivity contribution in [1.29, 1.82) is 0 Å². The maximum absolute atomic E-state index is 14.1. The number of Topliss-reactive ketones (excluding diaryl/α,β-unsaturated/α-hetero) is 1. The molecule has 1 fully saturated rings. The number of nitrogens with one attached hydrogen (secondary N) is 4. The topological polar surface area (TPSA) is 261 Å². The van der Waals surface area contributed by atoms with Crippen LogP contribution in [0.25, 0.3) is 0 Å². The number of rotatable bonds is 25. The molecule has 0 bridgehead atoms. The molecular formula is C41H57N9O8. The van der Waals surface area contributed by atoms with Gasteiger partial charge in [0.1, 0.15) is 12.1 Å². The van der Waals surface area contributed by atoms with Crippen LogP contribution in [0.3, 0.4) is 0 Å². The fourth-order valence-electron chi connectivity index (χ4n) is 7.66. The van der Waals surface area contributed by atoms with Gasteiger partial charge in [-0.2, -0.15) is 0 Å². The number of ketones is 1. The lowest BCUT2D eigenvalue weighted by Crippen LogP contribution is -2.55. The molecule has 17 nitrogen and oxygen atoms in total. The predicted octanol–water partition coefficient (Wildman–Crippen LogP) is 2.55. The second-order valence-corrected chi connectivity index (χ2v) is 14.9. The lowest BCUT2D eigenvalue weighted by atomic mass is 9.85. The normalized spacial score (nSPS) is 15.7. The number of imide groups is 1. The van der Waals surface area contributed by atoms with E-state index in [1.165, 1.54) is 4.90 Å². The third-order valence-corrected chi connectivity index (χ3v) is 10.7. The molecule has 3 atom stereocenters. The molecule has 0 spiro atoms. The smallest absolute Gasteiger partial charge is 0.289 e. The number of guanidine groups is 1. The van der Waals surface area contributed by atoms with Crippen molar-refractivity contribution in [3.63, 3.8) is 0 Å².